The summed E-state index contributed by atoms with van der Waals surface area (Å²) in [6.07, 6.45) is 6.88. The van der Waals surface area contributed by atoms with Crippen molar-refractivity contribution in [1.82, 2.24) is 4.90 Å². The molecule has 2 aliphatic rings. The Hall–Kier alpha value is -2.31. The van der Waals surface area contributed by atoms with Gasteiger partial charge in [-0.15, -0.1) is 0 Å². The van der Waals surface area contributed by atoms with Gasteiger partial charge in [0, 0.05) is 12.6 Å². The van der Waals surface area contributed by atoms with Gasteiger partial charge in [0.1, 0.15) is 5.75 Å². The minimum Gasteiger partial charge on any atom is -0.496 e. The van der Waals surface area contributed by atoms with Gasteiger partial charge in [-0.25, -0.2) is 0 Å². The molecule has 0 bridgehead atoms. The molecule has 0 radical (unpaired) electrons. The van der Waals surface area contributed by atoms with Gasteiger partial charge in [0.15, 0.2) is 12.4 Å². The Balaban J connectivity index is 1.66. The number of likely N-dealkylation sites (tertiary alicyclic amines) is 1. The van der Waals surface area contributed by atoms with Crippen LogP contribution < -0.4 is 9.47 Å². The maximum absolute atomic E-state index is 12.6. The second kappa shape index (κ2) is 7.72. The smallest absolute Gasteiger partial charge is 0.314 e. The molecule has 1 aliphatic carbocycles. The number of ether oxygens (including phenoxy) is 2. The summed E-state index contributed by atoms with van der Waals surface area (Å²) in [7, 11) is 1.44. The Bertz CT molecular complexity index is 646. The number of benzene rings is 1. The number of carbonyl (C=O) groups is 1. The number of nitro benzene ring substituents is 1. The molecule has 1 saturated carbocycles. The zero-order chi connectivity index (χ0) is 17.8. The van der Waals surface area contributed by atoms with Gasteiger partial charge >= 0.3 is 5.69 Å². The average molecular weight is 348 g/mol. The highest BCUT2D eigenvalue weighted by molar-refractivity contribution is 5.78. The second-order valence-corrected chi connectivity index (χ2v) is 6.72. The lowest BCUT2D eigenvalue weighted by atomic mass is 9.78. The molecule has 1 saturated heterocycles. The van der Waals surface area contributed by atoms with Crippen LogP contribution in [-0.2, 0) is 4.79 Å². The predicted octanol–water partition coefficient (Wildman–Crippen LogP) is 3.16. The van der Waals surface area contributed by atoms with Crippen molar-refractivity contribution in [2.75, 3.05) is 20.3 Å². The molecule has 25 heavy (non-hydrogen) atoms. The van der Waals surface area contributed by atoms with Crippen LogP contribution in [0.4, 0.5) is 5.69 Å². The number of methoxy groups -OCH3 is 1. The van der Waals surface area contributed by atoms with Crippen LogP contribution in [0.3, 0.4) is 0 Å². The van der Waals surface area contributed by atoms with Crippen molar-refractivity contribution < 1.29 is 19.2 Å². The van der Waals surface area contributed by atoms with E-state index in [4.69, 9.17) is 9.47 Å². The molecule has 0 unspecified atom stereocenters. The van der Waals surface area contributed by atoms with E-state index >= 15 is 0 Å². The minimum atomic E-state index is -0.527. The summed E-state index contributed by atoms with van der Waals surface area (Å²) in [5.74, 6) is 0.992. The number of hydrogen-bond donors (Lipinski definition) is 0. The van der Waals surface area contributed by atoms with Gasteiger partial charge in [-0.05, 0) is 43.7 Å². The first-order valence-electron chi connectivity index (χ1n) is 8.85. The van der Waals surface area contributed by atoms with Gasteiger partial charge in [-0.2, -0.15) is 0 Å². The summed E-state index contributed by atoms with van der Waals surface area (Å²) in [6.45, 7) is 0.588. The molecule has 2 atom stereocenters. The highest BCUT2D eigenvalue weighted by Crippen LogP contribution is 2.35. The summed E-state index contributed by atoms with van der Waals surface area (Å²) in [5, 5.41) is 11.2. The first-order chi connectivity index (χ1) is 12.1. The van der Waals surface area contributed by atoms with E-state index in [-0.39, 0.29) is 24.0 Å². The number of rotatable bonds is 5. The lowest BCUT2D eigenvalue weighted by molar-refractivity contribution is -0.385. The van der Waals surface area contributed by atoms with Crippen LogP contribution in [0.1, 0.15) is 38.5 Å². The van der Waals surface area contributed by atoms with Crippen molar-refractivity contribution in [2.45, 2.75) is 44.6 Å². The lowest BCUT2D eigenvalue weighted by Crippen LogP contribution is -2.51. The van der Waals surface area contributed by atoms with E-state index < -0.39 is 4.92 Å². The number of piperidine rings is 1. The molecule has 3 rings (SSSR count). The van der Waals surface area contributed by atoms with Crippen LogP contribution in [-0.4, -0.2) is 42.0 Å². The van der Waals surface area contributed by atoms with Gasteiger partial charge in [-0.1, -0.05) is 12.8 Å². The van der Waals surface area contributed by atoms with E-state index in [0.717, 1.165) is 25.8 Å². The molecule has 136 valence electrons. The maximum atomic E-state index is 12.6. The quantitative estimate of drug-likeness (QED) is 0.603. The summed E-state index contributed by atoms with van der Waals surface area (Å²) < 4.78 is 10.5. The third kappa shape index (κ3) is 3.86. The Labute approximate surface area is 147 Å². The monoisotopic (exact) mass is 348 g/mol. The van der Waals surface area contributed by atoms with Crippen molar-refractivity contribution in [2.24, 2.45) is 5.92 Å². The van der Waals surface area contributed by atoms with Crippen LogP contribution >= 0.6 is 0 Å². The number of fused-ring (bicyclic) bond motifs is 1. The zero-order valence-electron chi connectivity index (χ0n) is 14.5. The van der Waals surface area contributed by atoms with Crippen molar-refractivity contribution in [1.29, 1.82) is 0 Å². The van der Waals surface area contributed by atoms with Crippen LogP contribution in [0.25, 0.3) is 0 Å². The third-order valence-electron chi connectivity index (χ3n) is 5.28. The van der Waals surface area contributed by atoms with Crippen LogP contribution in [0.5, 0.6) is 11.5 Å². The first-order valence-corrected chi connectivity index (χ1v) is 8.85. The minimum absolute atomic E-state index is 0.0817. The van der Waals surface area contributed by atoms with Crippen molar-refractivity contribution in [3.8, 4) is 11.5 Å². The molecular weight excluding hydrogens is 324 g/mol. The highest BCUT2D eigenvalue weighted by atomic mass is 16.6. The molecule has 1 amide bonds. The molecule has 1 aliphatic heterocycles. The molecule has 0 aromatic heterocycles. The first kappa shape index (κ1) is 17.5. The Morgan fingerprint density at radius 3 is 2.80 bits per heavy atom. The van der Waals surface area contributed by atoms with Crippen molar-refractivity contribution in [3.63, 3.8) is 0 Å². The fraction of sp³-hybridized carbons (Fsp3) is 0.611. The van der Waals surface area contributed by atoms with E-state index in [1.165, 1.54) is 38.5 Å². The molecule has 7 nitrogen and oxygen atoms in total. The van der Waals surface area contributed by atoms with Gasteiger partial charge < -0.3 is 14.4 Å². The van der Waals surface area contributed by atoms with Gasteiger partial charge in [-0.3, -0.25) is 14.9 Å². The van der Waals surface area contributed by atoms with E-state index in [1.54, 1.807) is 6.07 Å². The molecule has 1 aromatic rings. The van der Waals surface area contributed by atoms with Crippen molar-refractivity contribution >= 4 is 11.6 Å². The molecule has 1 aromatic carbocycles. The third-order valence-corrected chi connectivity index (χ3v) is 5.28. The Morgan fingerprint density at radius 1 is 1.28 bits per heavy atom. The van der Waals surface area contributed by atoms with Crippen LogP contribution in [0.2, 0.25) is 0 Å². The maximum Gasteiger partial charge on any atom is 0.314 e. The number of carbonyl (C=O) groups excluding carboxylic acids is 1. The number of nitrogens with zero attached hydrogens (tertiary/aromatic N) is 2. The van der Waals surface area contributed by atoms with E-state index in [1.807, 2.05) is 4.90 Å². The second-order valence-electron chi connectivity index (χ2n) is 6.72. The van der Waals surface area contributed by atoms with Gasteiger partial charge in [0.2, 0.25) is 0 Å². The molecule has 0 N–H and O–H groups in total. The molecular formula is C18H24N2O5. The Morgan fingerprint density at radius 2 is 2.04 bits per heavy atom. The fourth-order valence-electron chi connectivity index (χ4n) is 4.05. The number of amides is 1. The van der Waals surface area contributed by atoms with Crippen molar-refractivity contribution in [3.05, 3.63) is 28.3 Å². The fourth-order valence-corrected chi connectivity index (χ4v) is 4.05. The Kier molecular flexibility index (Phi) is 5.40. The zero-order valence-corrected chi connectivity index (χ0v) is 14.5. The van der Waals surface area contributed by atoms with E-state index in [2.05, 4.69) is 0 Å². The average Bonchev–Trinajstić information content (AvgIpc) is 2.65. The standard InChI is InChI=1S/C18H24N2O5/c1-24-14-8-9-17(16(11-14)20(22)23)25-12-18(21)19-10-4-6-13-5-2-3-7-15(13)19/h8-9,11,13,15H,2-7,10,12H2,1H3/t13-,15+/m1/s1. The molecule has 1 heterocycles. The lowest BCUT2D eigenvalue weighted by Gasteiger charge is -2.44. The summed E-state index contributed by atoms with van der Waals surface area (Å²) in [6, 6.07) is 4.68. The van der Waals surface area contributed by atoms with E-state index in [0.29, 0.717) is 17.7 Å². The summed E-state index contributed by atoms with van der Waals surface area (Å²) >= 11 is 0. The molecule has 0 spiro atoms. The van der Waals surface area contributed by atoms with E-state index in [9.17, 15) is 14.9 Å². The topological polar surface area (TPSA) is 81.9 Å². The van der Waals surface area contributed by atoms with Gasteiger partial charge in [0.25, 0.3) is 5.91 Å². The SMILES string of the molecule is COc1ccc(OCC(=O)N2CCC[C@H]3CCCC[C@@H]32)c([N+](=O)[O-])c1. The van der Waals surface area contributed by atoms with Crippen LogP contribution in [0.15, 0.2) is 18.2 Å². The number of hydrogen-bond acceptors (Lipinski definition) is 5. The number of nitro groups is 1. The normalized spacial score (nSPS) is 22.8. The van der Waals surface area contributed by atoms with Crippen LogP contribution in [0, 0.1) is 16.0 Å². The molecule has 7 heteroatoms. The summed E-state index contributed by atoms with van der Waals surface area (Å²) in [4.78, 5) is 25.2. The summed E-state index contributed by atoms with van der Waals surface area (Å²) in [5.41, 5.74) is -0.193. The highest BCUT2D eigenvalue weighted by Gasteiger charge is 2.35. The largest absolute Gasteiger partial charge is 0.496 e. The molecule has 2 fully saturated rings. The van der Waals surface area contributed by atoms with Gasteiger partial charge in [0.05, 0.1) is 18.1 Å². The predicted molar refractivity (Wildman–Crippen MR) is 91.8 cm³/mol.